The van der Waals surface area contributed by atoms with Gasteiger partial charge in [0.05, 0.1) is 12.4 Å². The van der Waals surface area contributed by atoms with E-state index in [0.717, 1.165) is 23.9 Å². The third kappa shape index (κ3) is 22.3. The number of halogens is 1. The Bertz CT molecular complexity index is 287. The number of esters is 1. The Kier molecular flexibility index (Phi) is 23.6. The first-order valence-electron chi connectivity index (χ1n) is 11.1. The fraction of sp³-hybridized carbons (Fsp3) is 0.955. The van der Waals surface area contributed by atoms with E-state index in [9.17, 15) is 4.79 Å². The lowest BCUT2D eigenvalue weighted by Crippen LogP contribution is -2.08. The molecule has 0 spiro atoms. The number of hydrogen-bond donors (Lipinski definition) is 0. The number of rotatable bonds is 21. The molecule has 0 unspecified atom stereocenters. The molecule has 0 heterocycles. The number of thioether (sulfide) groups is 1. The van der Waals surface area contributed by atoms with Crippen molar-refractivity contribution in [2.24, 2.45) is 0 Å². The smallest absolute Gasteiger partial charge is 0.315 e. The first-order valence-corrected chi connectivity index (χ1v) is 13.4. The minimum absolute atomic E-state index is 0.0329. The number of carbonyl (C=O) groups is 1. The fourth-order valence-corrected chi connectivity index (χ4v) is 4.18. The Morgan fingerprint density at radius 2 is 1.23 bits per heavy atom. The number of carbonyl (C=O) groups excluding carboxylic acids is 1. The van der Waals surface area contributed by atoms with E-state index < -0.39 is 0 Å². The molecule has 2 nitrogen and oxygen atoms in total. The van der Waals surface area contributed by atoms with Crippen LogP contribution in [0.4, 0.5) is 0 Å². The van der Waals surface area contributed by atoms with Crippen LogP contribution in [-0.2, 0) is 9.53 Å². The van der Waals surface area contributed by atoms with Crippen LogP contribution in [0.5, 0.6) is 0 Å². The minimum atomic E-state index is -0.0329. The van der Waals surface area contributed by atoms with Crippen LogP contribution >= 0.6 is 27.7 Å². The number of hydrogen-bond acceptors (Lipinski definition) is 3. The fourth-order valence-electron chi connectivity index (χ4n) is 2.98. The molecule has 0 aromatic heterocycles. The number of alkyl halides is 1. The maximum absolute atomic E-state index is 11.6. The molecule has 0 fully saturated rings. The summed E-state index contributed by atoms with van der Waals surface area (Å²) in [6.45, 7) is 2.87. The van der Waals surface area contributed by atoms with Gasteiger partial charge < -0.3 is 4.74 Å². The largest absolute Gasteiger partial charge is 0.465 e. The van der Waals surface area contributed by atoms with Crippen LogP contribution < -0.4 is 0 Å². The molecule has 0 aliphatic carbocycles. The molecule has 0 saturated heterocycles. The van der Waals surface area contributed by atoms with Gasteiger partial charge in [0.15, 0.2) is 0 Å². The molecule has 0 N–H and O–H groups in total. The summed E-state index contributed by atoms with van der Waals surface area (Å²) in [6, 6.07) is 0. The van der Waals surface area contributed by atoms with Gasteiger partial charge in [-0.05, 0) is 25.0 Å². The second-order valence-electron chi connectivity index (χ2n) is 7.27. The van der Waals surface area contributed by atoms with Gasteiger partial charge in [0.1, 0.15) is 0 Å². The normalized spacial score (nSPS) is 11.0. The van der Waals surface area contributed by atoms with Crippen molar-refractivity contribution in [3.63, 3.8) is 0 Å². The van der Waals surface area contributed by atoms with Crippen molar-refractivity contribution in [2.45, 2.75) is 110 Å². The second kappa shape index (κ2) is 23.3. The van der Waals surface area contributed by atoms with Crippen molar-refractivity contribution < 1.29 is 9.53 Å². The van der Waals surface area contributed by atoms with E-state index in [0.29, 0.717) is 12.4 Å². The molecule has 0 rings (SSSR count). The quantitative estimate of drug-likeness (QED) is 0.101. The zero-order valence-electron chi connectivity index (χ0n) is 17.2. The average Bonchev–Trinajstić information content (AvgIpc) is 2.65. The zero-order valence-corrected chi connectivity index (χ0v) is 19.6. The molecule has 0 aromatic rings. The summed E-state index contributed by atoms with van der Waals surface area (Å²) in [6.07, 6.45) is 21.2. The average molecular weight is 452 g/mol. The van der Waals surface area contributed by atoms with Crippen LogP contribution in [-0.4, -0.2) is 29.4 Å². The molecule has 0 amide bonds. The third-order valence-electron chi connectivity index (χ3n) is 4.65. The van der Waals surface area contributed by atoms with Crippen LogP contribution in [0, 0.1) is 0 Å². The van der Waals surface area contributed by atoms with E-state index in [1.807, 2.05) is 0 Å². The van der Waals surface area contributed by atoms with Crippen molar-refractivity contribution in [1.29, 1.82) is 0 Å². The Balaban J connectivity index is 3.11. The molecule has 0 aliphatic heterocycles. The predicted octanol–water partition coefficient (Wildman–Crippen LogP) is 7.92. The highest BCUT2D eigenvalue weighted by Gasteiger charge is 2.02. The molecule has 0 bridgehead atoms. The van der Waals surface area contributed by atoms with Gasteiger partial charge in [-0.25, -0.2) is 0 Å². The van der Waals surface area contributed by atoms with E-state index in [4.69, 9.17) is 4.74 Å². The lowest BCUT2D eigenvalue weighted by molar-refractivity contribution is -0.140. The highest BCUT2D eigenvalue weighted by molar-refractivity contribution is 9.09. The van der Waals surface area contributed by atoms with Crippen molar-refractivity contribution in [3.8, 4) is 0 Å². The van der Waals surface area contributed by atoms with E-state index in [1.165, 1.54) is 89.9 Å². The monoisotopic (exact) mass is 450 g/mol. The van der Waals surface area contributed by atoms with Crippen molar-refractivity contribution >= 4 is 33.7 Å². The Morgan fingerprint density at radius 1 is 0.731 bits per heavy atom. The highest BCUT2D eigenvalue weighted by atomic mass is 79.9. The molecule has 156 valence electrons. The Hall–Kier alpha value is 0.300. The zero-order chi connectivity index (χ0) is 19.1. The SMILES string of the molecule is CCCCCCCCCCCCCCSCC(=O)OCCCCCCBr. The molecule has 0 saturated carbocycles. The van der Waals surface area contributed by atoms with E-state index in [1.54, 1.807) is 11.8 Å². The first kappa shape index (κ1) is 26.3. The summed E-state index contributed by atoms with van der Waals surface area (Å²) < 4.78 is 5.26. The summed E-state index contributed by atoms with van der Waals surface area (Å²) in [5.74, 6) is 1.59. The number of ether oxygens (including phenoxy) is 1. The van der Waals surface area contributed by atoms with Crippen molar-refractivity contribution in [2.75, 3.05) is 23.4 Å². The third-order valence-corrected chi connectivity index (χ3v) is 6.23. The van der Waals surface area contributed by atoms with E-state index >= 15 is 0 Å². The van der Waals surface area contributed by atoms with Gasteiger partial charge in [0.25, 0.3) is 0 Å². The van der Waals surface area contributed by atoms with E-state index in [-0.39, 0.29) is 5.97 Å². The Morgan fingerprint density at radius 3 is 1.81 bits per heavy atom. The lowest BCUT2D eigenvalue weighted by atomic mass is 10.1. The molecule has 0 radical (unpaired) electrons. The second-order valence-corrected chi connectivity index (χ2v) is 9.16. The molecule has 0 aliphatic rings. The molecular formula is C22H43BrO2S. The van der Waals surface area contributed by atoms with Gasteiger partial charge in [-0.15, -0.1) is 0 Å². The summed E-state index contributed by atoms with van der Waals surface area (Å²) in [5.41, 5.74) is 0. The van der Waals surface area contributed by atoms with Gasteiger partial charge in [0.2, 0.25) is 0 Å². The maximum atomic E-state index is 11.6. The van der Waals surface area contributed by atoms with Crippen LogP contribution in [0.1, 0.15) is 110 Å². The summed E-state index contributed by atoms with van der Waals surface area (Å²) in [5, 5.41) is 1.07. The van der Waals surface area contributed by atoms with Crippen LogP contribution in [0.3, 0.4) is 0 Å². The molecule has 26 heavy (non-hydrogen) atoms. The van der Waals surface area contributed by atoms with E-state index in [2.05, 4.69) is 22.9 Å². The lowest BCUT2D eigenvalue weighted by Gasteiger charge is -2.05. The molecule has 0 atom stereocenters. The topological polar surface area (TPSA) is 26.3 Å². The molecular weight excluding hydrogens is 408 g/mol. The highest BCUT2D eigenvalue weighted by Crippen LogP contribution is 2.13. The van der Waals surface area contributed by atoms with Crippen molar-refractivity contribution in [1.82, 2.24) is 0 Å². The van der Waals surface area contributed by atoms with Gasteiger partial charge in [-0.2, -0.15) is 11.8 Å². The van der Waals surface area contributed by atoms with Crippen LogP contribution in [0.25, 0.3) is 0 Å². The summed E-state index contributed by atoms with van der Waals surface area (Å²) in [7, 11) is 0. The maximum Gasteiger partial charge on any atom is 0.315 e. The molecule has 0 aromatic carbocycles. The van der Waals surface area contributed by atoms with Gasteiger partial charge >= 0.3 is 5.97 Å². The van der Waals surface area contributed by atoms with Crippen LogP contribution in [0.2, 0.25) is 0 Å². The first-order chi connectivity index (χ1) is 12.8. The van der Waals surface area contributed by atoms with Crippen LogP contribution in [0.15, 0.2) is 0 Å². The summed E-state index contributed by atoms with van der Waals surface area (Å²) >= 11 is 5.16. The predicted molar refractivity (Wildman–Crippen MR) is 122 cm³/mol. The number of unbranched alkanes of at least 4 members (excludes halogenated alkanes) is 14. The van der Waals surface area contributed by atoms with Gasteiger partial charge in [-0.1, -0.05) is 106 Å². The standard InChI is InChI=1S/C22H43BrO2S/c1-2-3-4-5-6-7-8-9-10-11-14-17-20-26-21-22(24)25-19-16-13-12-15-18-23/h2-21H2,1H3. The summed E-state index contributed by atoms with van der Waals surface area (Å²) in [4.78, 5) is 11.6. The van der Waals surface area contributed by atoms with Gasteiger partial charge in [0, 0.05) is 5.33 Å². The minimum Gasteiger partial charge on any atom is -0.465 e. The van der Waals surface area contributed by atoms with Gasteiger partial charge in [-0.3, -0.25) is 4.79 Å². The molecule has 4 heteroatoms. The Labute approximate surface area is 176 Å². The van der Waals surface area contributed by atoms with Crippen molar-refractivity contribution in [3.05, 3.63) is 0 Å².